The molecule has 19 heavy (non-hydrogen) atoms. The highest BCUT2D eigenvalue weighted by molar-refractivity contribution is 5.50. The van der Waals surface area contributed by atoms with E-state index in [4.69, 9.17) is 5.26 Å². The number of benzene rings is 1. The molecule has 4 heteroatoms. The van der Waals surface area contributed by atoms with Crippen molar-refractivity contribution in [3.63, 3.8) is 0 Å². The molecule has 0 atom stereocenters. The Hall–Kier alpha value is -1.60. The van der Waals surface area contributed by atoms with Gasteiger partial charge in [-0.2, -0.15) is 5.26 Å². The maximum Gasteiger partial charge on any atom is 0.143 e. The van der Waals surface area contributed by atoms with Gasteiger partial charge in [0.2, 0.25) is 0 Å². The van der Waals surface area contributed by atoms with Crippen LogP contribution in [0.1, 0.15) is 19.4 Å². The fourth-order valence-electron chi connectivity index (χ4n) is 1.88. The molecule has 104 valence electrons. The summed E-state index contributed by atoms with van der Waals surface area (Å²) in [4.78, 5) is 4.27. The van der Waals surface area contributed by atoms with Crippen LogP contribution in [0.25, 0.3) is 0 Å². The van der Waals surface area contributed by atoms with Crippen molar-refractivity contribution in [2.75, 3.05) is 38.6 Å². The molecular weight excluding hydrogens is 241 g/mol. The number of halogens is 1. The normalized spacial score (nSPS) is 10.8. The third-order valence-corrected chi connectivity index (χ3v) is 2.84. The molecule has 0 amide bonds. The van der Waals surface area contributed by atoms with Crippen LogP contribution < -0.4 is 4.90 Å². The summed E-state index contributed by atoms with van der Waals surface area (Å²) in [7, 11) is 4.04. The van der Waals surface area contributed by atoms with E-state index < -0.39 is 5.82 Å². The highest BCUT2D eigenvalue weighted by atomic mass is 19.1. The number of rotatable bonds is 6. The molecule has 0 saturated carbocycles. The van der Waals surface area contributed by atoms with Crippen molar-refractivity contribution in [3.05, 3.63) is 29.6 Å². The van der Waals surface area contributed by atoms with Gasteiger partial charge < -0.3 is 9.80 Å². The lowest BCUT2D eigenvalue weighted by atomic mass is 10.1. The van der Waals surface area contributed by atoms with Gasteiger partial charge in [0.25, 0.3) is 0 Å². The number of nitrogens with zero attached hydrogens (tertiary/aromatic N) is 3. The molecule has 0 unspecified atom stereocenters. The molecule has 0 radical (unpaired) electrons. The molecule has 0 bridgehead atoms. The Morgan fingerprint density at radius 1 is 1.26 bits per heavy atom. The highest BCUT2D eigenvalue weighted by Crippen LogP contribution is 2.19. The number of hydrogen-bond acceptors (Lipinski definition) is 3. The maximum atomic E-state index is 13.7. The summed E-state index contributed by atoms with van der Waals surface area (Å²) in [5.74, 6) is 0.0551. The minimum absolute atomic E-state index is 0.0980. The highest BCUT2D eigenvalue weighted by Gasteiger charge is 2.11. The molecular formula is C15H22FN3. The van der Waals surface area contributed by atoms with Gasteiger partial charge in [0.1, 0.15) is 11.9 Å². The molecule has 1 rings (SSSR count). The van der Waals surface area contributed by atoms with Crippen molar-refractivity contribution < 1.29 is 4.39 Å². The van der Waals surface area contributed by atoms with Gasteiger partial charge in [0.15, 0.2) is 0 Å². The van der Waals surface area contributed by atoms with E-state index in [9.17, 15) is 4.39 Å². The topological polar surface area (TPSA) is 30.3 Å². The second kappa shape index (κ2) is 7.10. The summed E-state index contributed by atoms with van der Waals surface area (Å²) in [6.07, 6.45) is 0. The van der Waals surface area contributed by atoms with Gasteiger partial charge in [-0.15, -0.1) is 0 Å². The van der Waals surface area contributed by atoms with Gasteiger partial charge in [-0.3, -0.25) is 0 Å². The van der Waals surface area contributed by atoms with Crippen molar-refractivity contribution in [1.29, 1.82) is 5.26 Å². The van der Waals surface area contributed by atoms with Crippen LogP contribution in [0.3, 0.4) is 0 Å². The van der Waals surface area contributed by atoms with E-state index in [2.05, 4.69) is 23.6 Å². The van der Waals surface area contributed by atoms with Gasteiger partial charge in [-0.05, 0) is 38.2 Å². The first kappa shape index (κ1) is 15.5. The Morgan fingerprint density at radius 3 is 2.42 bits per heavy atom. The standard InChI is InChI=1S/C15H22FN3/c1-12(2)11-19(8-7-18(3)4)14-6-5-13(10-17)15(16)9-14/h5-6,9,12H,7-8,11H2,1-4H3. The Labute approximate surface area is 115 Å². The Balaban J connectivity index is 2.90. The Morgan fingerprint density at radius 2 is 1.95 bits per heavy atom. The van der Waals surface area contributed by atoms with Gasteiger partial charge in [-0.1, -0.05) is 13.8 Å². The molecule has 0 saturated heterocycles. The largest absolute Gasteiger partial charge is 0.370 e. The second-order valence-electron chi connectivity index (χ2n) is 5.42. The Kier molecular flexibility index (Phi) is 5.78. The smallest absolute Gasteiger partial charge is 0.143 e. The maximum absolute atomic E-state index is 13.7. The minimum atomic E-state index is -0.446. The van der Waals surface area contributed by atoms with E-state index in [0.717, 1.165) is 25.3 Å². The number of hydrogen-bond donors (Lipinski definition) is 0. The zero-order chi connectivity index (χ0) is 14.4. The lowest BCUT2D eigenvalue weighted by molar-refractivity contribution is 0.409. The first-order chi connectivity index (χ1) is 8.93. The monoisotopic (exact) mass is 263 g/mol. The van der Waals surface area contributed by atoms with E-state index in [0.29, 0.717) is 5.92 Å². The lowest BCUT2D eigenvalue weighted by Gasteiger charge is -2.28. The van der Waals surface area contributed by atoms with E-state index in [1.165, 1.54) is 6.07 Å². The van der Waals surface area contributed by atoms with Crippen molar-refractivity contribution in [3.8, 4) is 6.07 Å². The predicted molar refractivity (Wildman–Crippen MR) is 76.7 cm³/mol. The van der Waals surface area contributed by atoms with E-state index in [1.807, 2.05) is 26.2 Å². The molecule has 0 aliphatic heterocycles. The van der Waals surface area contributed by atoms with Gasteiger partial charge >= 0.3 is 0 Å². The van der Waals surface area contributed by atoms with Gasteiger partial charge in [0.05, 0.1) is 5.56 Å². The quantitative estimate of drug-likeness (QED) is 0.790. The Bertz CT molecular complexity index is 449. The van der Waals surface area contributed by atoms with E-state index in [1.54, 1.807) is 6.07 Å². The summed E-state index contributed by atoms with van der Waals surface area (Å²) >= 11 is 0. The van der Waals surface area contributed by atoms with E-state index >= 15 is 0 Å². The first-order valence-electron chi connectivity index (χ1n) is 6.53. The van der Waals surface area contributed by atoms with Crippen LogP contribution in [0.4, 0.5) is 10.1 Å². The van der Waals surface area contributed by atoms with Crippen molar-refractivity contribution >= 4 is 5.69 Å². The van der Waals surface area contributed by atoms with Crippen molar-refractivity contribution in [1.82, 2.24) is 4.90 Å². The molecule has 1 aromatic carbocycles. The third-order valence-electron chi connectivity index (χ3n) is 2.84. The fourth-order valence-corrected chi connectivity index (χ4v) is 1.88. The van der Waals surface area contributed by atoms with Gasteiger partial charge in [-0.25, -0.2) is 4.39 Å². The summed E-state index contributed by atoms with van der Waals surface area (Å²) in [6, 6.07) is 6.67. The van der Waals surface area contributed by atoms with Crippen LogP contribution in [-0.2, 0) is 0 Å². The van der Waals surface area contributed by atoms with Gasteiger partial charge in [0, 0.05) is 25.3 Å². The SMILES string of the molecule is CC(C)CN(CCN(C)C)c1ccc(C#N)c(F)c1. The van der Waals surface area contributed by atoms with Crippen molar-refractivity contribution in [2.24, 2.45) is 5.92 Å². The van der Waals surface area contributed by atoms with Crippen LogP contribution in [-0.4, -0.2) is 38.6 Å². The second-order valence-corrected chi connectivity index (χ2v) is 5.42. The number of anilines is 1. The zero-order valence-electron chi connectivity index (χ0n) is 12.2. The van der Waals surface area contributed by atoms with E-state index in [-0.39, 0.29) is 5.56 Å². The predicted octanol–water partition coefficient (Wildman–Crippen LogP) is 2.72. The molecule has 0 aromatic heterocycles. The summed E-state index contributed by atoms with van der Waals surface area (Å²) in [5.41, 5.74) is 0.938. The first-order valence-corrected chi connectivity index (χ1v) is 6.53. The fraction of sp³-hybridized carbons (Fsp3) is 0.533. The average Bonchev–Trinajstić information content (AvgIpc) is 2.33. The van der Waals surface area contributed by atoms with Crippen LogP contribution >= 0.6 is 0 Å². The minimum Gasteiger partial charge on any atom is -0.370 e. The molecule has 0 N–H and O–H groups in total. The molecule has 0 fully saturated rings. The number of likely N-dealkylation sites (N-methyl/N-ethyl adjacent to an activating group) is 1. The van der Waals surface area contributed by atoms with Crippen LogP contribution in [0.15, 0.2) is 18.2 Å². The molecule has 3 nitrogen and oxygen atoms in total. The van der Waals surface area contributed by atoms with Crippen LogP contribution in [0, 0.1) is 23.1 Å². The van der Waals surface area contributed by atoms with Crippen molar-refractivity contribution in [2.45, 2.75) is 13.8 Å². The van der Waals surface area contributed by atoms with Crippen LogP contribution in [0.5, 0.6) is 0 Å². The molecule has 0 heterocycles. The summed E-state index contributed by atoms with van der Waals surface area (Å²) in [6.45, 7) is 6.91. The average molecular weight is 263 g/mol. The molecule has 0 aliphatic rings. The molecule has 0 spiro atoms. The summed E-state index contributed by atoms with van der Waals surface area (Å²) in [5, 5.41) is 8.76. The third kappa shape index (κ3) is 4.88. The van der Waals surface area contributed by atoms with Crippen LogP contribution in [0.2, 0.25) is 0 Å². The summed E-state index contributed by atoms with van der Waals surface area (Å²) < 4.78 is 13.7. The molecule has 0 aliphatic carbocycles. The molecule has 1 aromatic rings. The lowest BCUT2D eigenvalue weighted by Crippen LogP contribution is -2.34. The zero-order valence-corrected chi connectivity index (χ0v) is 12.2. The number of nitriles is 1.